The van der Waals surface area contributed by atoms with Gasteiger partial charge in [-0.25, -0.2) is 27.8 Å². The number of imidazole rings is 1. The van der Waals surface area contributed by atoms with Crippen LogP contribution in [0.25, 0.3) is 11.2 Å². The normalized spacial score (nSPS) is 31.7. The Labute approximate surface area is 257 Å². The number of alkyl halides is 6. The molecule has 0 aromatic carbocycles. The van der Waals surface area contributed by atoms with Gasteiger partial charge in [-0.15, -0.1) is 0 Å². The van der Waals surface area contributed by atoms with Crippen LogP contribution >= 0.6 is 0 Å². The molecule has 1 aliphatic heterocycles. The number of fused-ring (bicyclic) bond motifs is 1. The number of aliphatic hydroxyl groups is 1. The molecular weight excluding hydrogens is 624 g/mol. The molecule has 0 radical (unpaired) electrons. The highest BCUT2D eigenvalue weighted by atomic mass is 19.4. The molecule has 4 saturated carbocycles. The molecule has 11 nitrogen and oxygen atoms in total. The molecule has 0 unspecified atom stereocenters. The molecule has 3 atom stereocenters. The highest BCUT2D eigenvalue weighted by Gasteiger charge is 2.74. The van der Waals surface area contributed by atoms with Crippen molar-refractivity contribution in [3.63, 3.8) is 0 Å². The molecule has 248 valence electrons. The number of carbonyl (C=O) groups excluding carboxylic acids is 2. The number of H-pyrrole nitrogens is 1. The summed E-state index contributed by atoms with van der Waals surface area (Å²) in [6.45, 7) is 1.11. The first-order valence-electron chi connectivity index (χ1n) is 15.1. The van der Waals surface area contributed by atoms with Gasteiger partial charge in [0.15, 0.2) is 16.9 Å². The minimum absolute atomic E-state index is 0.0188. The Morgan fingerprint density at radius 2 is 1.78 bits per heavy atom. The summed E-state index contributed by atoms with van der Waals surface area (Å²) in [6, 6.07) is 0.767. The summed E-state index contributed by atoms with van der Waals surface area (Å²) < 4.78 is 88.9. The topological polar surface area (TPSA) is 150 Å². The number of aromatic nitrogens is 5. The lowest BCUT2D eigenvalue weighted by Gasteiger charge is -2.65. The molecule has 2 bridgehead atoms. The van der Waals surface area contributed by atoms with Crippen molar-refractivity contribution in [1.29, 1.82) is 0 Å². The van der Waals surface area contributed by atoms with Gasteiger partial charge in [-0.05, 0) is 62.2 Å². The quantitative estimate of drug-likeness (QED) is 0.321. The molecule has 8 rings (SSSR count). The number of hydrogen-bond donors (Lipinski definition) is 3. The van der Waals surface area contributed by atoms with Gasteiger partial charge in [-0.2, -0.15) is 13.2 Å². The maximum absolute atomic E-state index is 14.3. The summed E-state index contributed by atoms with van der Waals surface area (Å²) in [5.41, 5.74) is -4.87. The van der Waals surface area contributed by atoms with Crippen LogP contribution < -0.4 is 5.32 Å². The average Bonchev–Trinajstić information content (AvgIpc) is 3.58. The van der Waals surface area contributed by atoms with Gasteiger partial charge >= 0.3 is 6.18 Å². The molecule has 0 spiro atoms. The van der Waals surface area contributed by atoms with E-state index in [1.54, 1.807) is 0 Å². The number of aromatic amines is 1. The monoisotopic (exact) mass is 655 g/mol. The SMILES string of the molecule is Cc1nonc1C(=O)N[C@H](c1nc2nc([C@@H]3C[C@](O)(C(F)(F)F)CCN3C(=O)C34CC(F)(C3)C4)ccc2[nH]1)C1CCC(F)(F)CC1. The Kier molecular flexibility index (Phi) is 6.79. The fourth-order valence-corrected chi connectivity index (χ4v) is 7.66. The third kappa shape index (κ3) is 5.01. The fourth-order valence-electron chi connectivity index (χ4n) is 7.66. The first kappa shape index (κ1) is 30.9. The average molecular weight is 656 g/mol. The smallest absolute Gasteiger partial charge is 0.380 e. The van der Waals surface area contributed by atoms with Crippen LogP contribution in [0.5, 0.6) is 0 Å². The number of aryl methyl sites for hydroxylation is 1. The number of nitrogens with one attached hydrogen (secondary N) is 2. The van der Waals surface area contributed by atoms with Crippen molar-refractivity contribution in [2.24, 2.45) is 11.3 Å². The van der Waals surface area contributed by atoms with Crippen LogP contribution in [0.2, 0.25) is 0 Å². The zero-order valence-corrected chi connectivity index (χ0v) is 24.6. The van der Waals surface area contributed by atoms with E-state index in [1.807, 2.05) is 0 Å². The molecule has 3 aromatic rings. The first-order valence-corrected chi connectivity index (χ1v) is 15.1. The Bertz CT molecular complexity index is 1680. The number of likely N-dealkylation sites (tertiary alicyclic amines) is 1. The first-order chi connectivity index (χ1) is 21.5. The second-order valence-corrected chi connectivity index (χ2v) is 13.5. The van der Waals surface area contributed by atoms with E-state index >= 15 is 0 Å². The van der Waals surface area contributed by atoms with E-state index in [0.717, 1.165) is 0 Å². The lowest BCUT2D eigenvalue weighted by Crippen LogP contribution is -2.71. The summed E-state index contributed by atoms with van der Waals surface area (Å²) >= 11 is 0. The number of hydrogen-bond acceptors (Lipinski definition) is 8. The van der Waals surface area contributed by atoms with Gasteiger partial charge in [0.25, 0.3) is 5.91 Å². The zero-order chi connectivity index (χ0) is 32.9. The molecular formula is C29H31F6N7O4. The van der Waals surface area contributed by atoms with Crippen molar-refractivity contribution in [3.05, 3.63) is 35.0 Å². The predicted octanol–water partition coefficient (Wildman–Crippen LogP) is 4.80. The molecule has 5 fully saturated rings. The number of pyridine rings is 1. The van der Waals surface area contributed by atoms with Gasteiger partial charge < -0.3 is 20.3 Å². The molecule has 3 N–H and O–H groups in total. The van der Waals surface area contributed by atoms with Crippen LogP contribution in [0, 0.1) is 18.3 Å². The Morgan fingerprint density at radius 3 is 2.39 bits per heavy atom. The van der Waals surface area contributed by atoms with Gasteiger partial charge in [0.05, 0.1) is 28.7 Å². The van der Waals surface area contributed by atoms with E-state index in [0.29, 0.717) is 5.52 Å². The largest absolute Gasteiger partial charge is 0.417 e. The number of rotatable bonds is 6. The summed E-state index contributed by atoms with van der Waals surface area (Å²) in [7, 11) is 0. The minimum atomic E-state index is -4.97. The van der Waals surface area contributed by atoms with E-state index in [4.69, 9.17) is 0 Å². The van der Waals surface area contributed by atoms with Crippen LogP contribution in [0.4, 0.5) is 26.3 Å². The van der Waals surface area contributed by atoms with Crippen molar-refractivity contribution >= 4 is 23.0 Å². The van der Waals surface area contributed by atoms with E-state index in [9.17, 15) is 41.0 Å². The molecule has 1 saturated heterocycles. The fraction of sp³-hybridized carbons (Fsp3) is 0.655. The Morgan fingerprint density at radius 1 is 1.09 bits per heavy atom. The highest BCUT2D eigenvalue weighted by Crippen LogP contribution is 2.70. The van der Waals surface area contributed by atoms with Gasteiger partial charge in [0.1, 0.15) is 17.2 Å². The summed E-state index contributed by atoms with van der Waals surface area (Å²) in [5.74, 6) is -4.23. The van der Waals surface area contributed by atoms with Crippen molar-refractivity contribution < 1.29 is 45.7 Å². The van der Waals surface area contributed by atoms with Crippen LogP contribution in [0.15, 0.2) is 16.8 Å². The Hall–Kier alpha value is -3.76. The minimum Gasteiger partial charge on any atom is -0.380 e. The van der Waals surface area contributed by atoms with Crippen LogP contribution in [0.1, 0.15) is 97.6 Å². The lowest BCUT2D eigenvalue weighted by molar-refractivity contribution is -0.280. The van der Waals surface area contributed by atoms with Gasteiger partial charge in [-0.1, -0.05) is 5.16 Å². The van der Waals surface area contributed by atoms with Crippen LogP contribution in [-0.2, 0) is 4.79 Å². The number of halogens is 6. The lowest BCUT2D eigenvalue weighted by atomic mass is 9.41. The van der Waals surface area contributed by atoms with Crippen molar-refractivity contribution in [1.82, 2.24) is 35.5 Å². The molecule has 3 aromatic heterocycles. The molecule has 46 heavy (non-hydrogen) atoms. The second-order valence-electron chi connectivity index (χ2n) is 13.5. The van der Waals surface area contributed by atoms with Gasteiger partial charge in [0, 0.05) is 32.2 Å². The van der Waals surface area contributed by atoms with Gasteiger partial charge in [0.2, 0.25) is 11.8 Å². The standard InChI is InChI=1S/C29H31F6N7O4/c1-14-19(41-46-40-14)23(43)38-20(15-4-6-28(31,32)7-5-15)22-37-17-3-2-16(36-21(17)39-22)18-10-27(45,29(33,34)35)8-9-42(18)24(44)25-11-26(30,12-25)13-25/h2-3,15,18,20,45H,4-13H2,1H3,(H,38,43)(H,36,37,39)/t18-,20-,25?,26?,27-/m0/s1. The number of carbonyl (C=O) groups is 2. The van der Waals surface area contributed by atoms with Crippen molar-refractivity contribution in [2.45, 2.75) is 100 Å². The van der Waals surface area contributed by atoms with Crippen molar-refractivity contribution in [3.8, 4) is 0 Å². The maximum Gasteiger partial charge on any atom is 0.417 e. The van der Waals surface area contributed by atoms with E-state index in [-0.39, 0.29) is 60.7 Å². The summed E-state index contributed by atoms with van der Waals surface area (Å²) in [5, 5.41) is 20.6. The number of amides is 2. The maximum atomic E-state index is 14.3. The molecule has 5 aliphatic rings. The third-order valence-corrected chi connectivity index (χ3v) is 10.3. The van der Waals surface area contributed by atoms with Crippen LogP contribution in [0.3, 0.4) is 0 Å². The molecule has 4 aliphatic carbocycles. The zero-order valence-electron chi connectivity index (χ0n) is 24.6. The second kappa shape index (κ2) is 10.1. The molecule has 4 heterocycles. The van der Waals surface area contributed by atoms with E-state index in [2.05, 4.69) is 35.2 Å². The van der Waals surface area contributed by atoms with Crippen molar-refractivity contribution in [2.75, 3.05) is 6.54 Å². The summed E-state index contributed by atoms with van der Waals surface area (Å²) in [4.78, 5) is 40.0. The van der Waals surface area contributed by atoms with E-state index < -0.39 is 90.8 Å². The highest BCUT2D eigenvalue weighted by molar-refractivity contribution is 5.93. The van der Waals surface area contributed by atoms with Crippen LogP contribution in [-0.4, -0.2) is 77.0 Å². The number of piperidine rings is 1. The number of nitrogens with zero attached hydrogens (tertiary/aromatic N) is 5. The summed E-state index contributed by atoms with van der Waals surface area (Å²) in [6.07, 6.45) is -7.15. The third-order valence-electron chi connectivity index (χ3n) is 10.3. The van der Waals surface area contributed by atoms with E-state index in [1.165, 1.54) is 24.0 Å². The van der Waals surface area contributed by atoms with Gasteiger partial charge in [-0.3, -0.25) is 9.59 Å². The Balaban J connectivity index is 1.21. The predicted molar refractivity (Wildman–Crippen MR) is 145 cm³/mol. The molecule has 2 amide bonds. The molecule has 17 heteroatoms.